The highest BCUT2D eigenvalue weighted by Crippen LogP contribution is 2.23. The van der Waals surface area contributed by atoms with Gasteiger partial charge < -0.3 is 19.7 Å². The zero-order valence-corrected chi connectivity index (χ0v) is 23.4. The van der Waals surface area contributed by atoms with Crippen LogP contribution >= 0.6 is 0 Å². The molecule has 1 atom stereocenters. The average molecular weight is 534 g/mol. The summed E-state index contributed by atoms with van der Waals surface area (Å²) in [5, 5.41) is 2.91. The number of anilines is 1. The Morgan fingerprint density at radius 2 is 1.70 bits per heavy atom. The van der Waals surface area contributed by atoms with Gasteiger partial charge in [0, 0.05) is 13.1 Å². The minimum Gasteiger partial charge on any atom is -0.497 e. The van der Waals surface area contributed by atoms with Crippen molar-refractivity contribution in [2.45, 2.75) is 46.7 Å². The number of nitrogens with one attached hydrogen (secondary N) is 1. The number of amides is 2. The predicted octanol–water partition coefficient (Wildman–Crippen LogP) is 3.44. The maximum absolute atomic E-state index is 13.7. The third kappa shape index (κ3) is 8.96. The Bertz CT molecular complexity index is 1140. The quantitative estimate of drug-likeness (QED) is 0.399. The van der Waals surface area contributed by atoms with Gasteiger partial charge >= 0.3 is 0 Å². The van der Waals surface area contributed by atoms with E-state index >= 15 is 0 Å². The number of nitrogens with zero attached hydrogens (tertiary/aromatic N) is 2. The summed E-state index contributed by atoms with van der Waals surface area (Å²) in [7, 11) is -2.25. The topological polar surface area (TPSA) is 105 Å². The van der Waals surface area contributed by atoms with Gasteiger partial charge in [-0.25, -0.2) is 8.42 Å². The van der Waals surface area contributed by atoms with E-state index in [1.165, 1.54) is 4.90 Å². The third-order valence-corrected chi connectivity index (χ3v) is 6.81. The van der Waals surface area contributed by atoms with Crippen LogP contribution in [-0.2, 0) is 26.2 Å². The summed E-state index contributed by atoms with van der Waals surface area (Å²) in [6.07, 6.45) is 1.41. The molecule has 1 N–H and O–H groups in total. The average Bonchev–Trinajstić information content (AvgIpc) is 2.86. The number of ether oxygens (including phenoxy) is 2. The van der Waals surface area contributed by atoms with Crippen molar-refractivity contribution in [2.24, 2.45) is 5.92 Å². The van der Waals surface area contributed by atoms with Crippen LogP contribution in [-0.4, -0.2) is 64.2 Å². The van der Waals surface area contributed by atoms with Crippen LogP contribution < -0.4 is 19.1 Å². The Hall–Kier alpha value is -3.27. The van der Waals surface area contributed by atoms with Gasteiger partial charge in [-0.05, 0) is 61.2 Å². The fourth-order valence-electron chi connectivity index (χ4n) is 3.80. The lowest BCUT2D eigenvalue weighted by molar-refractivity contribution is -0.140. The van der Waals surface area contributed by atoms with Crippen LogP contribution in [0.3, 0.4) is 0 Å². The SMILES string of the molecule is CCOc1ccc(N(CC(=O)N(Cc2cccc(OC)c2)[C@@H](CC)C(=O)NCC(C)C)S(C)(=O)=O)cc1. The highest BCUT2D eigenvalue weighted by molar-refractivity contribution is 7.92. The molecule has 2 rings (SSSR count). The smallest absolute Gasteiger partial charge is 0.244 e. The minimum atomic E-state index is -3.80. The molecule has 0 radical (unpaired) electrons. The van der Waals surface area contributed by atoms with Crippen LogP contribution in [0.2, 0.25) is 0 Å². The van der Waals surface area contributed by atoms with Crippen molar-refractivity contribution in [1.29, 1.82) is 0 Å². The van der Waals surface area contributed by atoms with Crippen LogP contribution in [0.15, 0.2) is 48.5 Å². The van der Waals surface area contributed by atoms with Crippen LogP contribution in [0.5, 0.6) is 11.5 Å². The number of methoxy groups -OCH3 is 1. The van der Waals surface area contributed by atoms with Crippen molar-refractivity contribution in [3.63, 3.8) is 0 Å². The molecule has 9 nitrogen and oxygen atoms in total. The number of carbonyl (C=O) groups excluding carboxylic acids is 2. The first-order chi connectivity index (χ1) is 17.5. The van der Waals surface area contributed by atoms with E-state index in [0.717, 1.165) is 16.1 Å². The van der Waals surface area contributed by atoms with E-state index in [9.17, 15) is 18.0 Å². The van der Waals surface area contributed by atoms with Crippen molar-refractivity contribution in [3.8, 4) is 11.5 Å². The number of rotatable bonds is 14. The maximum Gasteiger partial charge on any atom is 0.244 e. The molecular weight excluding hydrogens is 494 g/mol. The highest BCUT2D eigenvalue weighted by atomic mass is 32.2. The van der Waals surface area contributed by atoms with Gasteiger partial charge in [-0.15, -0.1) is 0 Å². The van der Waals surface area contributed by atoms with Gasteiger partial charge in [0.05, 0.1) is 25.7 Å². The lowest BCUT2D eigenvalue weighted by atomic mass is 10.1. The molecule has 0 saturated carbocycles. The van der Waals surface area contributed by atoms with Crippen molar-refractivity contribution < 1.29 is 27.5 Å². The molecule has 0 unspecified atom stereocenters. The van der Waals surface area contributed by atoms with E-state index in [4.69, 9.17) is 9.47 Å². The molecule has 0 aliphatic rings. The Kier molecular flexibility index (Phi) is 11.2. The molecular formula is C27H39N3O6S. The second kappa shape index (κ2) is 13.9. The molecule has 0 spiro atoms. The van der Waals surface area contributed by atoms with Crippen LogP contribution in [0.1, 0.15) is 39.7 Å². The minimum absolute atomic E-state index is 0.116. The summed E-state index contributed by atoms with van der Waals surface area (Å²) in [5.74, 6) is 0.686. The summed E-state index contributed by atoms with van der Waals surface area (Å²) in [6, 6.07) is 12.9. The molecule has 0 aliphatic heterocycles. The van der Waals surface area contributed by atoms with E-state index in [2.05, 4.69) is 5.32 Å². The molecule has 0 fully saturated rings. The summed E-state index contributed by atoms with van der Waals surface area (Å²) < 4.78 is 37.2. The highest BCUT2D eigenvalue weighted by Gasteiger charge is 2.31. The Morgan fingerprint density at radius 3 is 2.24 bits per heavy atom. The first kappa shape index (κ1) is 30.0. The maximum atomic E-state index is 13.7. The molecule has 0 aromatic heterocycles. The Morgan fingerprint density at radius 1 is 1.03 bits per heavy atom. The normalized spacial score (nSPS) is 12.1. The molecule has 204 valence electrons. The largest absolute Gasteiger partial charge is 0.497 e. The van der Waals surface area contributed by atoms with Gasteiger partial charge in [-0.3, -0.25) is 13.9 Å². The molecule has 0 saturated heterocycles. The van der Waals surface area contributed by atoms with Gasteiger partial charge in [0.2, 0.25) is 21.8 Å². The van der Waals surface area contributed by atoms with Gasteiger partial charge in [0.25, 0.3) is 0 Å². The molecule has 0 aliphatic carbocycles. The second-order valence-electron chi connectivity index (χ2n) is 9.13. The zero-order valence-electron chi connectivity index (χ0n) is 22.6. The second-order valence-corrected chi connectivity index (χ2v) is 11.0. The molecule has 37 heavy (non-hydrogen) atoms. The Labute approximate surface area is 220 Å². The number of hydrogen-bond donors (Lipinski definition) is 1. The monoisotopic (exact) mass is 533 g/mol. The third-order valence-electron chi connectivity index (χ3n) is 5.67. The molecule has 10 heteroatoms. The van der Waals surface area contributed by atoms with E-state index in [-0.39, 0.29) is 18.4 Å². The Balaban J connectivity index is 2.42. The molecule has 2 aromatic rings. The number of sulfonamides is 1. The summed E-state index contributed by atoms with van der Waals surface area (Å²) in [6.45, 7) is 8.26. The van der Waals surface area contributed by atoms with E-state index in [0.29, 0.717) is 36.8 Å². The molecule has 2 aromatic carbocycles. The van der Waals surface area contributed by atoms with Gasteiger partial charge in [0.15, 0.2) is 0 Å². The van der Waals surface area contributed by atoms with Crippen LogP contribution in [0.25, 0.3) is 0 Å². The van der Waals surface area contributed by atoms with E-state index < -0.39 is 28.5 Å². The zero-order chi connectivity index (χ0) is 27.6. The number of hydrogen-bond acceptors (Lipinski definition) is 6. The standard InChI is InChI=1S/C27H39N3O6S/c1-7-25(27(32)28-17-20(3)4)29(18-21-10-9-11-24(16-21)35-5)26(31)19-30(37(6,33)34)22-12-14-23(15-13-22)36-8-2/h9-16,20,25H,7-8,17-19H2,1-6H3,(H,28,32)/t25-/m0/s1. The van der Waals surface area contributed by atoms with Crippen molar-refractivity contribution >= 4 is 27.5 Å². The number of benzene rings is 2. The lowest BCUT2D eigenvalue weighted by Gasteiger charge is -2.33. The molecule has 0 bridgehead atoms. The van der Waals surface area contributed by atoms with Crippen molar-refractivity contribution in [3.05, 3.63) is 54.1 Å². The first-order valence-electron chi connectivity index (χ1n) is 12.4. The first-order valence-corrected chi connectivity index (χ1v) is 14.3. The van der Waals surface area contributed by atoms with E-state index in [1.54, 1.807) is 49.6 Å². The van der Waals surface area contributed by atoms with Gasteiger partial charge in [0.1, 0.15) is 24.1 Å². The lowest BCUT2D eigenvalue weighted by Crippen LogP contribution is -2.52. The summed E-state index contributed by atoms with van der Waals surface area (Å²) >= 11 is 0. The predicted molar refractivity (Wildman–Crippen MR) is 145 cm³/mol. The van der Waals surface area contributed by atoms with Gasteiger partial charge in [-0.1, -0.05) is 32.9 Å². The fourth-order valence-corrected chi connectivity index (χ4v) is 4.65. The van der Waals surface area contributed by atoms with Crippen LogP contribution in [0, 0.1) is 5.92 Å². The summed E-state index contributed by atoms with van der Waals surface area (Å²) in [5.41, 5.74) is 1.09. The molecule has 2 amide bonds. The number of carbonyl (C=O) groups is 2. The van der Waals surface area contributed by atoms with Gasteiger partial charge in [-0.2, -0.15) is 0 Å². The fraction of sp³-hybridized carbons (Fsp3) is 0.481. The van der Waals surface area contributed by atoms with Crippen molar-refractivity contribution in [2.75, 3.05) is 37.4 Å². The van der Waals surface area contributed by atoms with Crippen molar-refractivity contribution in [1.82, 2.24) is 10.2 Å². The molecule has 0 heterocycles. The summed E-state index contributed by atoms with van der Waals surface area (Å²) in [4.78, 5) is 28.3. The van der Waals surface area contributed by atoms with Crippen LogP contribution in [0.4, 0.5) is 5.69 Å². The van der Waals surface area contributed by atoms with E-state index in [1.807, 2.05) is 33.8 Å².